The van der Waals surface area contributed by atoms with Crippen LogP contribution in [0.25, 0.3) is 0 Å². The van der Waals surface area contributed by atoms with Crippen LogP contribution in [0.15, 0.2) is 6.20 Å². The Morgan fingerprint density at radius 3 is 2.71 bits per heavy atom. The van der Waals surface area contributed by atoms with Crippen LogP contribution in [0.2, 0.25) is 0 Å². The van der Waals surface area contributed by atoms with Gasteiger partial charge in [-0.15, -0.1) is 0 Å². The third kappa shape index (κ3) is 2.28. The van der Waals surface area contributed by atoms with Gasteiger partial charge < -0.3 is 0 Å². The fraction of sp³-hybridized carbons (Fsp3) is 0.250. The lowest BCUT2D eigenvalue weighted by atomic mass is 10.1. The number of rotatable bonds is 3. The van der Waals surface area contributed by atoms with Gasteiger partial charge in [-0.2, -0.15) is 0 Å². The molecule has 0 aliphatic rings. The predicted octanol–water partition coefficient (Wildman–Crippen LogP) is 3.33. The number of carbonyl (C=O) groups excluding carboxylic acids is 1. The maximum atomic E-state index is 12.5. The molecule has 0 saturated carbocycles. The fourth-order valence-electron chi connectivity index (χ4n) is 0.958. The summed E-state index contributed by atoms with van der Waals surface area (Å²) < 4.78 is 25.4. The molecule has 0 saturated heterocycles. The summed E-state index contributed by atoms with van der Waals surface area (Å²) in [6.07, 6.45) is -0.838. The lowest BCUT2D eigenvalue weighted by molar-refractivity contribution is 0.112. The molecule has 6 heteroatoms. The first kappa shape index (κ1) is 12.0. The van der Waals surface area contributed by atoms with Crippen molar-refractivity contribution in [2.45, 2.75) is 11.8 Å². The van der Waals surface area contributed by atoms with Crippen LogP contribution in [0.5, 0.6) is 0 Å². The van der Waals surface area contributed by atoms with Crippen molar-refractivity contribution in [3.05, 3.63) is 26.6 Å². The molecule has 0 N–H and O–H groups in total. The number of nitrogens with zero attached hydrogens (tertiary/aromatic N) is 1. The molecule has 1 aromatic rings. The Labute approximate surface area is 101 Å². The van der Waals surface area contributed by atoms with E-state index in [0.717, 1.165) is 0 Å². The highest BCUT2D eigenvalue weighted by molar-refractivity contribution is 14.1. The summed E-state index contributed by atoms with van der Waals surface area (Å²) in [7, 11) is 0. The summed E-state index contributed by atoms with van der Waals surface area (Å²) in [6.45, 7) is 0. The third-order valence-electron chi connectivity index (χ3n) is 1.64. The van der Waals surface area contributed by atoms with E-state index in [1.165, 1.54) is 6.20 Å². The number of aldehydes is 1. The largest absolute Gasteiger partial charge is 0.298 e. The number of hydrogen-bond donors (Lipinski definition) is 0. The summed E-state index contributed by atoms with van der Waals surface area (Å²) in [6, 6.07) is 0. The normalized spacial score (nSPS) is 10.6. The number of alkyl halides is 3. The molecule has 0 radical (unpaired) electrons. The second kappa shape index (κ2) is 5.11. The molecule has 1 aromatic heterocycles. The molecule has 0 bridgehead atoms. The molecule has 0 aliphatic heterocycles. The minimum atomic E-state index is -2.61. The molecule has 0 atom stereocenters. The first-order valence-electron chi connectivity index (χ1n) is 3.58. The Bertz CT molecular complexity index is 359. The monoisotopic (exact) mass is 375 g/mol. The number of hydrogen-bond acceptors (Lipinski definition) is 2. The van der Waals surface area contributed by atoms with E-state index >= 15 is 0 Å². The van der Waals surface area contributed by atoms with Crippen LogP contribution in [-0.4, -0.2) is 11.3 Å². The number of halogens is 4. The first-order chi connectivity index (χ1) is 6.61. The van der Waals surface area contributed by atoms with Crippen LogP contribution in [0.1, 0.15) is 28.0 Å². The minimum Gasteiger partial charge on any atom is -0.298 e. The SMILES string of the molecule is O=Cc1cnc(C(F)F)c(CBr)c1I. The highest BCUT2D eigenvalue weighted by Gasteiger charge is 2.18. The average molecular weight is 376 g/mol. The molecular formula is C8H5BrF2INO. The number of carbonyl (C=O) groups is 1. The van der Waals surface area contributed by atoms with E-state index in [1.807, 2.05) is 22.6 Å². The van der Waals surface area contributed by atoms with E-state index in [0.29, 0.717) is 21.0 Å². The Morgan fingerprint density at radius 1 is 1.64 bits per heavy atom. The Kier molecular flexibility index (Phi) is 4.36. The maximum absolute atomic E-state index is 12.5. The van der Waals surface area contributed by atoms with Crippen LogP contribution in [0, 0.1) is 3.57 Å². The molecule has 0 aliphatic carbocycles. The third-order valence-corrected chi connectivity index (χ3v) is 3.47. The second-order valence-corrected chi connectivity index (χ2v) is 4.08. The topological polar surface area (TPSA) is 30.0 Å². The van der Waals surface area contributed by atoms with E-state index in [-0.39, 0.29) is 11.0 Å². The minimum absolute atomic E-state index is 0.264. The van der Waals surface area contributed by atoms with Crippen molar-refractivity contribution in [3.63, 3.8) is 0 Å². The first-order valence-corrected chi connectivity index (χ1v) is 5.78. The Hall–Kier alpha value is -0.110. The smallest absolute Gasteiger partial charge is 0.280 e. The fourth-order valence-corrected chi connectivity index (χ4v) is 2.78. The van der Waals surface area contributed by atoms with Gasteiger partial charge in [0.1, 0.15) is 5.69 Å². The van der Waals surface area contributed by atoms with Gasteiger partial charge in [0, 0.05) is 26.2 Å². The molecule has 1 heterocycles. The van der Waals surface area contributed by atoms with Gasteiger partial charge in [-0.1, -0.05) is 15.9 Å². The lowest BCUT2D eigenvalue weighted by Crippen LogP contribution is -2.02. The molecule has 1 rings (SSSR count). The van der Waals surface area contributed by atoms with Crippen molar-refractivity contribution < 1.29 is 13.6 Å². The zero-order valence-electron chi connectivity index (χ0n) is 6.81. The van der Waals surface area contributed by atoms with Crippen LogP contribution < -0.4 is 0 Å². The zero-order valence-corrected chi connectivity index (χ0v) is 10.5. The molecule has 0 aromatic carbocycles. The van der Waals surface area contributed by atoms with E-state index in [9.17, 15) is 13.6 Å². The van der Waals surface area contributed by atoms with Gasteiger partial charge >= 0.3 is 0 Å². The average Bonchev–Trinajstić information content (AvgIpc) is 2.17. The van der Waals surface area contributed by atoms with E-state index < -0.39 is 6.43 Å². The van der Waals surface area contributed by atoms with Crippen molar-refractivity contribution in [1.29, 1.82) is 0 Å². The van der Waals surface area contributed by atoms with Crippen LogP contribution in [0.4, 0.5) is 8.78 Å². The predicted molar refractivity (Wildman–Crippen MR) is 59.9 cm³/mol. The van der Waals surface area contributed by atoms with Crippen LogP contribution >= 0.6 is 38.5 Å². The molecule has 2 nitrogen and oxygen atoms in total. The van der Waals surface area contributed by atoms with Crippen molar-refractivity contribution in [3.8, 4) is 0 Å². The molecular weight excluding hydrogens is 371 g/mol. The summed E-state index contributed by atoms with van der Waals surface area (Å²) in [4.78, 5) is 14.1. The van der Waals surface area contributed by atoms with E-state index in [4.69, 9.17) is 0 Å². The Balaban J connectivity index is 3.35. The highest BCUT2D eigenvalue weighted by Crippen LogP contribution is 2.27. The van der Waals surface area contributed by atoms with Crippen LogP contribution in [-0.2, 0) is 5.33 Å². The van der Waals surface area contributed by atoms with Crippen molar-refractivity contribution in [1.82, 2.24) is 4.98 Å². The number of pyridine rings is 1. The zero-order chi connectivity index (χ0) is 10.7. The van der Waals surface area contributed by atoms with Crippen molar-refractivity contribution >= 4 is 44.8 Å². The molecule has 0 spiro atoms. The van der Waals surface area contributed by atoms with Gasteiger partial charge in [0.05, 0.1) is 0 Å². The number of aromatic nitrogens is 1. The van der Waals surface area contributed by atoms with E-state index in [2.05, 4.69) is 20.9 Å². The molecule has 0 amide bonds. The van der Waals surface area contributed by atoms with Gasteiger partial charge in [-0.3, -0.25) is 9.78 Å². The molecule has 76 valence electrons. The summed E-state index contributed by atoms with van der Waals surface area (Å²) in [5.41, 5.74) is 0.450. The van der Waals surface area contributed by atoms with Gasteiger partial charge in [-0.25, -0.2) is 8.78 Å². The van der Waals surface area contributed by atoms with Crippen molar-refractivity contribution in [2.75, 3.05) is 0 Å². The summed E-state index contributed by atoms with van der Waals surface area (Å²) in [5, 5.41) is 0.264. The van der Waals surface area contributed by atoms with Gasteiger partial charge in [0.2, 0.25) is 0 Å². The van der Waals surface area contributed by atoms with Gasteiger partial charge in [0.25, 0.3) is 6.43 Å². The van der Waals surface area contributed by atoms with Crippen LogP contribution in [0.3, 0.4) is 0 Å². The summed E-state index contributed by atoms with van der Waals surface area (Å²) >= 11 is 4.96. The van der Waals surface area contributed by atoms with E-state index in [1.54, 1.807) is 0 Å². The molecule has 14 heavy (non-hydrogen) atoms. The standard InChI is InChI=1S/C8H5BrF2INO/c9-1-5-6(12)4(3-14)2-13-7(5)8(10)11/h2-3,8H,1H2. The Morgan fingerprint density at radius 2 is 2.29 bits per heavy atom. The summed E-state index contributed by atoms with van der Waals surface area (Å²) in [5.74, 6) is 0. The van der Waals surface area contributed by atoms with Crippen molar-refractivity contribution in [2.24, 2.45) is 0 Å². The van der Waals surface area contributed by atoms with Gasteiger partial charge in [-0.05, 0) is 22.6 Å². The van der Waals surface area contributed by atoms with Gasteiger partial charge in [0.15, 0.2) is 6.29 Å². The molecule has 0 fully saturated rings. The quantitative estimate of drug-likeness (QED) is 0.461. The second-order valence-electron chi connectivity index (χ2n) is 2.44. The lowest BCUT2D eigenvalue weighted by Gasteiger charge is -2.08. The highest BCUT2D eigenvalue weighted by atomic mass is 127. The maximum Gasteiger partial charge on any atom is 0.280 e. The molecule has 0 unspecified atom stereocenters.